The average Bonchev–Trinajstić information content (AvgIpc) is 2.25. The molecule has 0 saturated heterocycles. The quantitative estimate of drug-likeness (QED) is 0.825. The van der Waals surface area contributed by atoms with Gasteiger partial charge in [-0.3, -0.25) is 0 Å². The van der Waals surface area contributed by atoms with E-state index >= 15 is 0 Å². The molecule has 1 unspecified atom stereocenters. The minimum absolute atomic E-state index is 0.0886. The van der Waals surface area contributed by atoms with Gasteiger partial charge in [-0.2, -0.15) is 0 Å². The molecule has 3 nitrogen and oxygen atoms in total. The molecule has 0 aliphatic rings. The highest BCUT2D eigenvalue weighted by Crippen LogP contribution is 2.25. The molecule has 5 heteroatoms. The summed E-state index contributed by atoms with van der Waals surface area (Å²) in [7, 11) is 0. The third kappa shape index (κ3) is 4.89. The van der Waals surface area contributed by atoms with Crippen LogP contribution in [0.25, 0.3) is 0 Å². The minimum atomic E-state index is -0.992. The lowest BCUT2D eigenvalue weighted by Gasteiger charge is -2.23. The summed E-state index contributed by atoms with van der Waals surface area (Å²) in [5.41, 5.74) is -0.992. The first-order chi connectivity index (χ1) is 7.94. The number of halogens is 2. The lowest BCUT2D eigenvalue weighted by molar-refractivity contribution is 0.0127. The van der Waals surface area contributed by atoms with Crippen LogP contribution >= 0.6 is 11.6 Å². The van der Waals surface area contributed by atoms with E-state index in [1.54, 1.807) is 6.92 Å². The fourth-order valence-electron chi connectivity index (χ4n) is 1.27. The summed E-state index contributed by atoms with van der Waals surface area (Å²) in [5.74, 6) is -0.0494. The van der Waals surface area contributed by atoms with Gasteiger partial charge in [-0.25, -0.2) is 4.39 Å². The van der Waals surface area contributed by atoms with Gasteiger partial charge < -0.3 is 15.2 Å². The van der Waals surface area contributed by atoms with Crippen LogP contribution in [0.4, 0.5) is 4.39 Å². The van der Waals surface area contributed by atoms with Crippen molar-refractivity contribution < 1.29 is 14.2 Å². The van der Waals surface area contributed by atoms with Gasteiger partial charge in [0, 0.05) is 6.54 Å². The van der Waals surface area contributed by atoms with E-state index in [-0.39, 0.29) is 11.6 Å². The maximum atomic E-state index is 12.8. The summed E-state index contributed by atoms with van der Waals surface area (Å²) < 4.78 is 18.2. The van der Waals surface area contributed by atoms with Crippen LogP contribution in [0.1, 0.15) is 13.8 Å². The van der Waals surface area contributed by atoms with Gasteiger partial charge in [-0.05, 0) is 31.7 Å². The molecule has 0 bridgehead atoms. The summed E-state index contributed by atoms with van der Waals surface area (Å²) in [6.07, 6.45) is 0. The summed E-state index contributed by atoms with van der Waals surface area (Å²) >= 11 is 5.80. The zero-order valence-corrected chi connectivity index (χ0v) is 10.7. The first kappa shape index (κ1) is 14.2. The Kier molecular flexibility index (Phi) is 5.18. The van der Waals surface area contributed by atoms with Crippen molar-refractivity contribution in [2.24, 2.45) is 0 Å². The summed E-state index contributed by atoms with van der Waals surface area (Å²) in [5, 5.41) is 13.2. The molecular weight excluding hydrogens is 245 g/mol. The van der Waals surface area contributed by atoms with E-state index < -0.39 is 11.4 Å². The molecule has 96 valence electrons. The maximum absolute atomic E-state index is 12.8. The van der Waals surface area contributed by atoms with Crippen molar-refractivity contribution in [2.75, 3.05) is 19.7 Å². The predicted octanol–water partition coefficient (Wildman–Crippen LogP) is 2.22. The molecule has 0 amide bonds. The van der Waals surface area contributed by atoms with Gasteiger partial charge in [0.05, 0.1) is 5.02 Å². The second-order valence-electron chi connectivity index (χ2n) is 4.14. The van der Waals surface area contributed by atoms with Crippen molar-refractivity contribution in [3.8, 4) is 5.75 Å². The van der Waals surface area contributed by atoms with Gasteiger partial charge in [0.1, 0.15) is 23.8 Å². The number of aliphatic hydroxyl groups is 1. The van der Waals surface area contributed by atoms with Crippen LogP contribution in [0, 0.1) is 5.82 Å². The number of hydrogen-bond acceptors (Lipinski definition) is 3. The Morgan fingerprint density at radius 1 is 1.53 bits per heavy atom. The third-order valence-electron chi connectivity index (χ3n) is 2.19. The SMILES string of the molecule is CCNCC(C)(O)COc1ccc(F)cc1Cl. The zero-order valence-electron chi connectivity index (χ0n) is 9.96. The standard InChI is InChI=1S/C12H17ClFNO2/c1-3-15-7-12(2,16)8-17-11-5-4-9(14)6-10(11)13/h4-6,15-16H,3,7-8H2,1-2H3. The molecule has 0 radical (unpaired) electrons. The van der Waals surface area contributed by atoms with Gasteiger partial charge >= 0.3 is 0 Å². The molecule has 0 heterocycles. The Hall–Kier alpha value is -0.840. The highest BCUT2D eigenvalue weighted by atomic mass is 35.5. The van der Waals surface area contributed by atoms with Gasteiger partial charge in [-0.15, -0.1) is 0 Å². The van der Waals surface area contributed by atoms with Gasteiger partial charge in [0.15, 0.2) is 0 Å². The Bertz CT molecular complexity index is 372. The lowest BCUT2D eigenvalue weighted by atomic mass is 10.1. The fraction of sp³-hybridized carbons (Fsp3) is 0.500. The van der Waals surface area contributed by atoms with Crippen LogP contribution in [0.3, 0.4) is 0 Å². The molecule has 0 saturated carbocycles. The highest BCUT2D eigenvalue weighted by Gasteiger charge is 2.21. The predicted molar refractivity (Wildman–Crippen MR) is 66.1 cm³/mol. The van der Waals surface area contributed by atoms with E-state index in [0.29, 0.717) is 12.3 Å². The molecule has 0 fully saturated rings. The largest absolute Gasteiger partial charge is 0.489 e. The monoisotopic (exact) mass is 261 g/mol. The van der Waals surface area contributed by atoms with Gasteiger partial charge in [-0.1, -0.05) is 18.5 Å². The van der Waals surface area contributed by atoms with E-state index in [1.165, 1.54) is 18.2 Å². The molecule has 2 N–H and O–H groups in total. The first-order valence-corrected chi connectivity index (χ1v) is 5.83. The number of rotatable bonds is 6. The number of hydrogen-bond donors (Lipinski definition) is 2. The second kappa shape index (κ2) is 6.19. The highest BCUT2D eigenvalue weighted by molar-refractivity contribution is 6.32. The molecule has 1 rings (SSSR count). The number of ether oxygens (including phenoxy) is 1. The summed E-state index contributed by atoms with van der Waals surface area (Å²) in [4.78, 5) is 0. The Morgan fingerprint density at radius 3 is 2.82 bits per heavy atom. The molecular formula is C12H17ClFNO2. The van der Waals surface area contributed by atoms with Crippen LogP contribution in [0.5, 0.6) is 5.75 Å². The van der Waals surface area contributed by atoms with Crippen molar-refractivity contribution in [1.29, 1.82) is 0 Å². The number of nitrogens with one attached hydrogen (secondary N) is 1. The number of benzene rings is 1. The second-order valence-corrected chi connectivity index (χ2v) is 4.55. The minimum Gasteiger partial charge on any atom is -0.489 e. The van der Waals surface area contributed by atoms with Gasteiger partial charge in [0.25, 0.3) is 0 Å². The first-order valence-electron chi connectivity index (χ1n) is 5.45. The molecule has 0 spiro atoms. The Balaban J connectivity index is 2.54. The lowest BCUT2D eigenvalue weighted by Crippen LogP contribution is -2.42. The molecule has 1 aromatic rings. The molecule has 0 aliphatic carbocycles. The molecule has 17 heavy (non-hydrogen) atoms. The Morgan fingerprint density at radius 2 is 2.24 bits per heavy atom. The van der Waals surface area contributed by atoms with Crippen LogP contribution in [0.15, 0.2) is 18.2 Å². The number of likely N-dealkylation sites (N-methyl/N-ethyl adjacent to an activating group) is 1. The maximum Gasteiger partial charge on any atom is 0.138 e. The van der Waals surface area contributed by atoms with Crippen LogP contribution in [-0.2, 0) is 0 Å². The fourth-order valence-corrected chi connectivity index (χ4v) is 1.49. The van der Waals surface area contributed by atoms with Crippen molar-refractivity contribution in [3.05, 3.63) is 29.0 Å². The summed E-state index contributed by atoms with van der Waals surface area (Å²) in [6.45, 7) is 4.89. The topological polar surface area (TPSA) is 41.5 Å². The van der Waals surface area contributed by atoms with Crippen molar-refractivity contribution in [2.45, 2.75) is 19.4 Å². The van der Waals surface area contributed by atoms with Crippen LogP contribution in [0.2, 0.25) is 5.02 Å². The van der Waals surface area contributed by atoms with Crippen molar-refractivity contribution in [1.82, 2.24) is 5.32 Å². The van der Waals surface area contributed by atoms with Crippen molar-refractivity contribution in [3.63, 3.8) is 0 Å². The normalized spacial score (nSPS) is 14.4. The smallest absolute Gasteiger partial charge is 0.138 e. The third-order valence-corrected chi connectivity index (χ3v) is 2.48. The van der Waals surface area contributed by atoms with E-state index in [4.69, 9.17) is 16.3 Å². The molecule has 0 aliphatic heterocycles. The van der Waals surface area contributed by atoms with E-state index in [0.717, 1.165) is 6.54 Å². The van der Waals surface area contributed by atoms with E-state index in [9.17, 15) is 9.50 Å². The van der Waals surface area contributed by atoms with Crippen LogP contribution < -0.4 is 10.1 Å². The molecule has 1 atom stereocenters. The average molecular weight is 262 g/mol. The van der Waals surface area contributed by atoms with E-state index in [2.05, 4.69) is 5.32 Å². The Labute approximate surface area is 106 Å². The summed E-state index contributed by atoms with van der Waals surface area (Å²) in [6, 6.07) is 3.89. The molecule has 0 aromatic heterocycles. The van der Waals surface area contributed by atoms with E-state index in [1.807, 2.05) is 6.92 Å². The van der Waals surface area contributed by atoms with Crippen molar-refractivity contribution >= 4 is 11.6 Å². The zero-order chi connectivity index (χ0) is 12.9. The van der Waals surface area contributed by atoms with Gasteiger partial charge in [0.2, 0.25) is 0 Å². The molecule has 1 aromatic carbocycles. The van der Waals surface area contributed by atoms with Crippen LogP contribution in [-0.4, -0.2) is 30.4 Å².